The minimum Gasteiger partial charge on any atom is -0.268 e. The number of benzene rings is 2. The Hall–Kier alpha value is -2.84. The third-order valence-corrected chi connectivity index (χ3v) is 5.86. The van der Waals surface area contributed by atoms with Gasteiger partial charge in [0.25, 0.3) is 5.56 Å². The Morgan fingerprint density at radius 2 is 1.75 bits per heavy atom. The third-order valence-electron chi connectivity index (χ3n) is 4.24. The summed E-state index contributed by atoms with van der Waals surface area (Å²) < 4.78 is 41.8. The Kier molecular flexibility index (Phi) is 5.71. The van der Waals surface area contributed by atoms with Gasteiger partial charge in [0.1, 0.15) is 5.82 Å². The van der Waals surface area contributed by atoms with Gasteiger partial charge in [-0.1, -0.05) is 17.7 Å². The summed E-state index contributed by atoms with van der Waals surface area (Å²) in [5.74, 6) is -0.363. The largest absolute Gasteiger partial charge is 0.268 e. The maximum absolute atomic E-state index is 13.1. The molecule has 0 unspecified atom stereocenters. The molecular formula is C20H20FN3O3S. The van der Waals surface area contributed by atoms with E-state index in [0.717, 1.165) is 5.56 Å². The van der Waals surface area contributed by atoms with Crippen molar-refractivity contribution in [1.29, 1.82) is 0 Å². The third kappa shape index (κ3) is 4.52. The van der Waals surface area contributed by atoms with Crippen molar-refractivity contribution in [2.75, 3.05) is 6.54 Å². The Labute approximate surface area is 162 Å². The van der Waals surface area contributed by atoms with Crippen LogP contribution in [0.25, 0.3) is 11.3 Å². The molecule has 0 saturated carbocycles. The van der Waals surface area contributed by atoms with Crippen LogP contribution in [0.4, 0.5) is 4.39 Å². The molecule has 0 aliphatic rings. The zero-order chi connectivity index (χ0) is 20.3. The lowest BCUT2D eigenvalue weighted by Gasteiger charge is -2.11. The summed E-state index contributed by atoms with van der Waals surface area (Å²) in [5, 5.41) is 4.24. The molecule has 2 aromatic carbocycles. The SMILES string of the molecule is Cc1ccc(S(=O)(=O)NCCn2nc(-c3ccc(F)cc3)ccc2=O)c(C)c1. The topological polar surface area (TPSA) is 81.1 Å². The van der Waals surface area contributed by atoms with Crippen LogP contribution in [-0.2, 0) is 16.6 Å². The summed E-state index contributed by atoms with van der Waals surface area (Å²) in [5.41, 5.74) is 2.44. The smallest absolute Gasteiger partial charge is 0.266 e. The van der Waals surface area contributed by atoms with Crippen LogP contribution in [0.5, 0.6) is 0 Å². The summed E-state index contributed by atoms with van der Waals surface area (Å²) in [4.78, 5) is 12.2. The van der Waals surface area contributed by atoms with Crippen molar-refractivity contribution in [3.63, 3.8) is 0 Å². The molecule has 28 heavy (non-hydrogen) atoms. The van der Waals surface area contributed by atoms with Crippen molar-refractivity contribution in [2.45, 2.75) is 25.3 Å². The van der Waals surface area contributed by atoms with E-state index in [-0.39, 0.29) is 29.4 Å². The van der Waals surface area contributed by atoms with Crippen molar-refractivity contribution in [2.24, 2.45) is 0 Å². The summed E-state index contributed by atoms with van der Waals surface area (Å²) in [7, 11) is -3.69. The van der Waals surface area contributed by atoms with E-state index in [1.807, 2.05) is 6.92 Å². The van der Waals surface area contributed by atoms with Gasteiger partial charge < -0.3 is 0 Å². The van der Waals surface area contributed by atoms with Gasteiger partial charge in [0, 0.05) is 18.2 Å². The van der Waals surface area contributed by atoms with E-state index in [9.17, 15) is 17.6 Å². The van der Waals surface area contributed by atoms with Crippen molar-refractivity contribution in [3.8, 4) is 11.3 Å². The minimum atomic E-state index is -3.69. The number of rotatable bonds is 6. The lowest BCUT2D eigenvalue weighted by Crippen LogP contribution is -2.32. The zero-order valence-corrected chi connectivity index (χ0v) is 16.3. The maximum Gasteiger partial charge on any atom is 0.266 e. The first-order chi connectivity index (χ1) is 13.3. The number of halogens is 1. The molecule has 0 aliphatic heterocycles. The Morgan fingerprint density at radius 1 is 1.04 bits per heavy atom. The fraction of sp³-hybridized carbons (Fsp3) is 0.200. The van der Waals surface area contributed by atoms with Gasteiger partial charge in [-0.2, -0.15) is 5.10 Å². The van der Waals surface area contributed by atoms with Gasteiger partial charge in [-0.05, 0) is 55.8 Å². The van der Waals surface area contributed by atoms with Gasteiger partial charge in [-0.15, -0.1) is 0 Å². The molecule has 0 amide bonds. The van der Waals surface area contributed by atoms with Gasteiger partial charge in [0.15, 0.2) is 0 Å². The number of hydrogen-bond acceptors (Lipinski definition) is 4. The molecule has 0 bridgehead atoms. The van der Waals surface area contributed by atoms with Gasteiger partial charge in [-0.3, -0.25) is 4.79 Å². The van der Waals surface area contributed by atoms with Gasteiger partial charge in [0.05, 0.1) is 17.1 Å². The van der Waals surface area contributed by atoms with E-state index in [1.165, 1.54) is 22.9 Å². The molecule has 146 valence electrons. The number of sulfonamides is 1. The minimum absolute atomic E-state index is 0.00935. The van der Waals surface area contributed by atoms with Crippen molar-refractivity contribution < 1.29 is 12.8 Å². The molecule has 3 aromatic rings. The first-order valence-electron chi connectivity index (χ1n) is 8.67. The molecule has 8 heteroatoms. The molecule has 6 nitrogen and oxygen atoms in total. The molecule has 1 aromatic heterocycles. The molecule has 0 radical (unpaired) electrons. The highest BCUT2D eigenvalue weighted by molar-refractivity contribution is 7.89. The average Bonchev–Trinajstić information content (AvgIpc) is 2.63. The van der Waals surface area contributed by atoms with Crippen LogP contribution in [0.15, 0.2) is 64.3 Å². The van der Waals surface area contributed by atoms with Crippen LogP contribution < -0.4 is 10.3 Å². The number of aromatic nitrogens is 2. The fourth-order valence-electron chi connectivity index (χ4n) is 2.85. The molecule has 0 atom stereocenters. The second-order valence-electron chi connectivity index (χ2n) is 6.45. The summed E-state index contributed by atoms with van der Waals surface area (Å²) in [6, 6.07) is 13.7. The second kappa shape index (κ2) is 8.04. The zero-order valence-electron chi connectivity index (χ0n) is 15.5. The fourth-order valence-corrected chi connectivity index (χ4v) is 4.09. The van der Waals surface area contributed by atoms with E-state index in [2.05, 4.69) is 9.82 Å². The van der Waals surface area contributed by atoms with E-state index < -0.39 is 10.0 Å². The normalized spacial score (nSPS) is 11.5. The maximum atomic E-state index is 13.1. The number of nitrogens with one attached hydrogen (secondary N) is 1. The van der Waals surface area contributed by atoms with E-state index >= 15 is 0 Å². The number of hydrogen-bond donors (Lipinski definition) is 1. The predicted octanol–water partition coefficient (Wildman–Crippen LogP) is 2.64. The van der Waals surface area contributed by atoms with Gasteiger partial charge in [-0.25, -0.2) is 22.2 Å². The molecule has 1 heterocycles. The summed E-state index contributed by atoms with van der Waals surface area (Å²) in [6.07, 6.45) is 0. The summed E-state index contributed by atoms with van der Waals surface area (Å²) >= 11 is 0. The van der Waals surface area contributed by atoms with Gasteiger partial charge in [0.2, 0.25) is 10.0 Å². The standard InChI is InChI=1S/C20H20FN3O3S/c1-14-3-9-19(15(2)13-14)28(26,27)22-11-12-24-20(25)10-8-18(23-24)16-4-6-17(21)7-5-16/h3-10,13,22H,11-12H2,1-2H3. The molecule has 0 fully saturated rings. The summed E-state index contributed by atoms with van der Waals surface area (Å²) in [6.45, 7) is 3.70. The Bertz CT molecular complexity index is 1160. The lowest BCUT2D eigenvalue weighted by atomic mass is 10.1. The van der Waals surface area contributed by atoms with E-state index in [1.54, 1.807) is 43.3 Å². The second-order valence-corrected chi connectivity index (χ2v) is 8.19. The van der Waals surface area contributed by atoms with Crippen LogP contribution >= 0.6 is 0 Å². The molecule has 0 spiro atoms. The van der Waals surface area contributed by atoms with Crippen molar-refractivity contribution >= 4 is 10.0 Å². The van der Waals surface area contributed by atoms with Crippen LogP contribution in [-0.4, -0.2) is 24.7 Å². The number of nitrogens with zero attached hydrogens (tertiary/aromatic N) is 2. The van der Waals surface area contributed by atoms with E-state index in [0.29, 0.717) is 16.8 Å². The highest BCUT2D eigenvalue weighted by atomic mass is 32.2. The van der Waals surface area contributed by atoms with Gasteiger partial charge >= 0.3 is 0 Å². The monoisotopic (exact) mass is 401 g/mol. The van der Waals surface area contributed by atoms with E-state index in [4.69, 9.17) is 0 Å². The van der Waals surface area contributed by atoms with Crippen molar-refractivity contribution in [1.82, 2.24) is 14.5 Å². The molecule has 0 saturated heterocycles. The Balaban J connectivity index is 1.74. The molecular weight excluding hydrogens is 381 g/mol. The molecule has 1 N–H and O–H groups in total. The van der Waals surface area contributed by atoms with Crippen LogP contribution in [0.1, 0.15) is 11.1 Å². The Morgan fingerprint density at radius 3 is 2.43 bits per heavy atom. The first-order valence-corrected chi connectivity index (χ1v) is 10.2. The van der Waals surface area contributed by atoms with Crippen molar-refractivity contribution in [3.05, 3.63) is 81.9 Å². The van der Waals surface area contributed by atoms with Crippen LogP contribution in [0.2, 0.25) is 0 Å². The highest BCUT2D eigenvalue weighted by Crippen LogP contribution is 2.17. The molecule has 0 aliphatic carbocycles. The number of aryl methyl sites for hydroxylation is 2. The average molecular weight is 401 g/mol. The predicted molar refractivity (Wildman–Crippen MR) is 105 cm³/mol. The lowest BCUT2D eigenvalue weighted by molar-refractivity contribution is 0.548. The molecule has 3 rings (SSSR count). The van der Waals surface area contributed by atoms with Crippen LogP contribution in [0, 0.1) is 19.7 Å². The highest BCUT2D eigenvalue weighted by Gasteiger charge is 2.16. The first kappa shape index (κ1) is 19.9. The quantitative estimate of drug-likeness (QED) is 0.689. The van der Waals surface area contributed by atoms with Crippen LogP contribution in [0.3, 0.4) is 0 Å².